The number of hydrogen-bond donors (Lipinski definition) is 1. The Morgan fingerprint density at radius 1 is 1.04 bits per heavy atom. The van der Waals surface area contributed by atoms with Crippen LogP contribution in [0.3, 0.4) is 0 Å². The van der Waals surface area contributed by atoms with Crippen molar-refractivity contribution in [2.75, 3.05) is 11.4 Å². The Kier molecular flexibility index (Phi) is 4.33. The summed E-state index contributed by atoms with van der Waals surface area (Å²) >= 11 is 0. The number of rotatable bonds is 4. The zero-order valence-corrected chi connectivity index (χ0v) is 13.3. The number of carbonyl (C=O) groups excluding carboxylic acids is 1. The Bertz CT molecular complexity index is 872. The summed E-state index contributed by atoms with van der Waals surface area (Å²) in [7, 11) is -4.13. The number of carbonyl (C=O) groups is 1. The fraction of sp³-hybridized carbons (Fsp3) is 0.188. The van der Waals surface area contributed by atoms with Crippen molar-refractivity contribution in [2.45, 2.75) is 17.4 Å². The van der Waals surface area contributed by atoms with E-state index in [4.69, 9.17) is 0 Å². The molecule has 1 atom stereocenters. The zero-order chi connectivity index (χ0) is 17.3. The molecule has 1 saturated heterocycles. The van der Waals surface area contributed by atoms with Crippen molar-refractivity contribution < 1.29 is 22.0 Å². The van der Waals surface area contributed by atoms with Crippen LogP contribution in [0.1, 0.15) is 6.42 Å². The van der Waals surface area contributed by atoms with E-state index >= 15 is 0 Å². The van der Waals surface area contributed by atoms with Gasteiger partial charge in [-0.1, -0.05) is 18.2 Å². The lowest BCUT2D eigenvalue weighted by Crippen LogP contribution is -2.41. The third kappa shape index (κ3) is 3.15. The molecule has 1 fully saturated rings. The quantitative estimate of drug-likeness (QED) is 0.916. The monoisotopic (exact) mass is 352 g/mol. The van der Waals surface area contributed by atoms with Crippen molar-refractivity contribution in [1.29, 1.82) is 0 Å². The summed E-state index contributed by atoms with van der Waals surface area (Å²) in [5.74, 6) is -2.78. The van der Waals surface area contributed by atoms with E-state index in [1.807, 2.05) is 6.07 Å². The van der Waals surface area contributed by atoms with Crippen LogP contribution in [0.5, 0.6) is 0 Å². The molecule has 1 unspecified atom stereocenters. The average Bonchev–Trinajstić information content (AvgIpc) is 2.91. The van der Waals surface area contributed by atoms with Gasteiger partial charge in [0.05, 0.1) is 4.90 Å². The molecule has 0 aromatic heterocycles. The minimum Gasteiger partial charge on any atom is -0.311 e. The molecule has 2 aromatic rings. The van der Waals surface area contributed by atoms with Gasteiger partial charge in [0, 0.05) is 12.2 Å². The highest BCUT2D eigenvalue weighted by Crippen LogP contribution is 2.22. The number of sulfonamides is 1. The first kappa shape index (κ1) is 16.5. The van der Waals surface area contributed by atoms with Gasteiger partial charge in [-0.05, 0) is 36.8 Å². The summed E-state index contributed by atoms with van der Waals surface area (Å²) in [6, 6.07) is 10.2. The molecule has 0 spiro atoms. The predicted octanol–water partition coefficient (Wildman–Crippen LogP) is 2.05. The van der Waals surface area contributed by atoms with E-state index in [0.29, 0.717) is 18.3 Å². The van der Waals surface area contributed by atoms with Crippen molar-refractivity contribution in [1.82, 2.24) is 4.72 Å². The topological polar surface area (TPSA) is 66.5 Å². The number of benzene rings is 2. The van der Waals surface area contributed by atoms with Gasteiger partial charge in [-0.25, -0.2) is 17.2 Å². The van der Waals surface area contributed by atoms with Crippen LogP contribution >= 0.6 is 0 Å². The van der Waals surface area contributed by atoms with Gasteiger partial charge in [-0.15, -0.1) is 0 Å². The zero-order valence-electron chi connectivity index (χ0n) is 12.4. The normalized spacial score (nSPS) is 18.2. The molecule has 2 aromatic carbocycles. The number of anilines is 1. The summed E-state index contributed by atoms with van der Waals surface area (Å²) in [6.07, 6.45) is 0.288. The SMILES string of the molecule is O=C1C(NS(=O)(=O)c2ccc(F)c(F)c2)CCN1c1ccccc1. The van der Waals surface area contributed by atoms with E-state index in [1.165, 1.54) is 4.90 Å². The van der Waals surface area contributed by atoms with Gasteiger partial charge in [0.1, 0.15) is 6.04 Å². The highest BCUT2D eigenvalue weighted by molar-refractivity contribution is 7.89. The molecule has 3 rings (SSSR count). The fourth-order valence-electron chi connectivity index (χ4n) is 2.55. The van der Waals surface area contributed by atoms with Crippen LogP contribution in [0, 0.1) is 11.6 Å². The number of hydrogen-bond acceptors (Lipinski definition) is 3. The Balaban J connectivity index is 1.78. The highest BCUT2D eigenvalue weighted by atomic mass is 32.2. The molecule has 0 bridgehead atoms. The van der Waals surface area contributed by atoms with Crippen molar-refractivity contribution in [3.8, 4) is 0 Å². The second-order valence-corrected chi connectivity index (χ2v) is 7.08. The van der Waals surface area contributed by atoms with E-state index < -0.39 is 32.6 Å². The Labute approximate surface area is 138 Å². The number of nitrogens with one attached hydrogen (secondary N) is 1. The maximum atomic E-state index is 13.2. The molecule has 0 radical (unpaired) electrons. The summed E-state index contributed by atoms with van der Waals surface area (Å²) in [6.45, 7) is 0.369. The van der Waals surface area contributed by atoms with Crippen molar-refractivity contribution >= 4 is 21.6 Å². The molecule has 1 heterocycles. The number of amides is 1. The first-order chi connectivity index (χ1) is 11.4. The van der Waals surface area contributed by atoms with Gasteiger partial charge in [0.15, 0.2) is 11.6 Å². The van der Waals surface area contributed by atoms with Crippen LogP contribution in [0.2, 0.25) is 0 Å². The van der Waals surface area contributed by atoms with Crippen LogP contribution in [-0.2, 0) is 14.8 Å². The van der Waals surface area contributed by atoms with E-state index in [0.717, 1.165) is 12.1 Å². The molecule has 1 N–H and O–H groups in total. The smallest absolute Gasteiger partial charge is 0.245 e. The van der Waals surface area contributed by atoms with Gasteiger partial charge in [-0.3, -0.25) is 4.79 Å². The van der Waals surface area contributed by atoms with Crippen LogP contribution in [0.25, 0.3) is 0 Å². The molecule has 5 nitrogen and oxygen atoms in total. The predicted molar refractivity (Wildman–Crippen MR) is 83.9 cm³/mol. The summed E-state index contributed by atoms with van der Waals surface area (Å²) < 4.78 is 53.0. The molecular formula is C16H14F2N2O3S. The van der Waals surface area contributed by atoms with E-state index in [-0.39, 0.29) is 12.3 Å². The molecule has 126 valence electrons. The molecule has 0 saturated carbocycles. The number of halogens is 2. The van der Waals surface area contributed by atoms with Crippen molar-refractivity contribution in [3.05, 3.63) is 60.2 Å². The van der Waals surface area contributed by atoms with Crippen LogP contribution in [0.15, 0.2) is 53.4 Å². The molecule has 1 aliphatic rings. The van der Waals surface area contributed by atoms with Crippen LogP contribution < -0.4 is 9.62 Å². The summed E-state index contributed by atoms with van der Waals surface area (Å²) in [5.41, 5.74) is 0.678. The minimum absolute atomic E-state index is 0.288. The molecular weight excluding hydrogens is 338 g/mol. The Hall–Kier alpha value is -2.32. The molecule has 24 heavy (non-hydrogen) atoms. The average molecular weight is 352 g/mol. The molecule has 0 aliphatic carbocycles. The van der Waals surface area contributed by atoms with Gasteiger partial charge in [-0.2, -0.15) is 4.72 Å². The lowest BCUT2D eigenvalue weighted by Gasteiger charge is -2.17. The highest BCUT2D eigenvalue weighted by Gasteiger charge is 2.35. The summed E-state index contributed by atoms with van der Waals surface area (Å²) in [5, 5.41) is 0. The Morgan fingerprint density at radius 2 is 1.75 bits per heavy atom. The van der Waals surface area contributed by atoms with E-state index in [9.17, 15) is 22.0 Å². The number of nitrogens with zero attached hydrogens (tertiary/aromatic N) is 1. The third-order valence-electron chi connectivity index (χ3n) is 3.77. The van der Waals surface area contributed by atoms with Crippen LogP contribution in [0.4, 0.5) is 14.5 Å². The molecule has 1 amide bonds. The van der Waals surface area contributed by atoms with E-state index in [2.05, 4.69) is 4.72 Å². The maximum absolute atomic E-state index is 13.2. The van der Waals surface area contributed by atoms with E-state index in [1.54, 1.807) is 24.3 Å². The van der Waals surface area contributed by atoms with Crippen molar-refractivity contribution in [3.63, 3.8) is 0 Å². The lowest BCUT2D eigenvalue weighted by atomic mass is 10.3. The van der Waals surface area contributed by atoms with Gasteiger partial charge < -0.3 is 4.90 Å². The standard InChI is InChI=1S/C16H14F2N2O3S/c17-13-7-6-12(10-14(13)18)24(22,23)19-15-8-9-20(16(15)21)11-4-2-1-3-5-11/h1-7,10,15,19H,8-9H2. The molecule has 8 heteroatoms. The minimum atomic E-state index is -4.13. The summed E-state index contributed by atoms with van der Waals surface area (Å²) in [4.78, 5) is 13.5. The van der Waals surface area contributed by atoms with Crippen molar-refractivity contribution in [2.24, 2.45) is 0 Å². The lowest BCUT2D eigenvalue weighted by molar-refractivity contribution is -0.118. The Morgan fingerprint density at radius 3 is 2.42 bits per heavy atom. The van der Waals surface area contributed by atoms with Gasteiger partial charge in [0.2, 0.25) is 15.9 Å². The van der Waals surface area contributed by atoms with Gasteiger partial charge in [0.25, 0.3) is 0 Å². The molecule has 1 aliphatic heterocycles. The second kappa shape index (κ2) is 6.29. The maximum Gasteiger partial charge on any atom is 0.245 e. The third-order valence-corrected chi connectivity index (χ3v) is 5.24. The van der Waals surface area contributed by atoms with Crippen LogP contribution in [-0.4, -0.2) is 26.9 Å². The first-order valence-corrected chi connectivity index (χ1v) is 8.70. The first-order valence-electron chi connectivity index (χ1n) is 7.22. The fourth-order valence-corrected chi connectivity index (χ4v) is 3.79. The largest absolute Gasteiger partial charge is 0.311 e. The van der Waals surface area contributed by atoms with Gasteiger partial charge >= 0.3 is 0 Å². The second-order valence-electron chi connectivity index (χ2n) is 5.36. The number of para-hydroxylation sites is 1.